The monoisotopic (exact) mass is 326 g/mol. The van der Waals surface area contributed by atoms with Crippen molar-refractivity contribution in [1.29, 1.82) is 0 Å². The van der Waals surface area contributed by atoms with E-state index in [0.29, 0.717) is 29.0 Å². The van der Waals surface area contributed by atoms with Crippen molar-refractivity contribution in [1.82, 2.24) is 9.78 Å². The summed E-state index contributed by atoms with van der Waals surface area (Å²) in [6.45, 7) is 2.50. The molecule has 2 rings (SSSR count). The Morgan fingerprint density at radius 3 is 2.86 bits per heavy atom. The van der Waals surface area contributed by atoms with Gasteiger partial charge in [-0.25, -0.2) is 4.68 Å². The Balaban J connectivity index is 2.15. The van der Waals surface area contributed by atoms with E-state index >= 15 is 0 Å². The summed E-state index contributed by atoms with van der Waals surface area (Å²) < 4.78 is 1.66. The van der Waals surface area contributed by atoms with Crippen molar-refractivity contribution in [3.63, 3.8) is 0 Å². The molecule has 1 aromatic carbocycles. The molecule has 0 bridgehead atoms. The van der Waals surface area contributed by atoms with Gasteiger partial charge in [0.05, 0.1) is 12.7 Å². The van der Waals surface area contributed by atoms with Gasteiger partial charge in [0.2, 0.25) is 5.91 Å². The van der Waals surface area contributed by atoms with Crippen LogP contribution in [0.2, 0.25) is 10.0 Å². The fourth-order valence-electron chi connectivity index (χ4n) is 1.73. The maximum Gasteiger partial charge on any atom is 0.229 e. The highest BCUT2D eigenvalue weighted by molar-refractivity contribution is 6.35. The smallest absolute Gasteiger partial charge is 0.229 e. The predicted molar refractivity (Wildman–Crippen MR) is 84.6 cm³/mol. The topological polar surface area (TPSA) is 72.9 Å². The van der Waals surface area contributed by atoms with Crippen LogP contribution in [0.4, 0.5) is 5.82 Å². The van der Waals surface area contributed by atoms with Crippen molar-refractivity contribution < 1.29 is 4.79 Å². The molecule has 0 fully saturated rings. The van der Waals surface area contributed by atoms with Crippen molar-refractivity contribution >= 4 is 34.9 Å². The number of hydrogen-bond acceptors (Lipinski definition) is 3. The SMILES string of the molecule is CC(CN)C(=O)Nc1ccnn1Cc1ccc(Cl)cc1Cl. The van der Waals surface area contributed by atoms with Gasteiger partial charge in [0.15, 0.2) is 0 Å². The number of rotatable bonds is 5. The van der Waals surface area contributed by atoms with E-state index in [1.54, 1.807) is 36.0 Å². The molecule has 1 heterocycles. The lowest BCUT2D eigenvalue weighted by Gasteiger charge is -2.12. The number of nitrogens with zero attached hydrogens (tertiary/aromatic N) is 2. The van der Waals surface area contributed by atoms with E-state index in [9.17, 15) is 4.79 Å². The molecule has 0 aliphatic rings. The summed E-state index contributed by atoms with van der Waals surface area (Å²) in [5, 5.41) is 8.14. The number of halogens is 2. The number of carbonyl (C=O) groups excluding carboxylic acids is 1. The third kappa shape index (κ3) is 3.97. The molecule has 0 radical (unpaired) electrons. The average molecular weight is 327 g/mol. The molecule has 1 atom stereocenters. The van der Waals surface area contributed by atoms with E-state index < -0.39 is 0 Å². The van der Waals surface area contributed by atoms with Crippen molar-refractivity contribution in [2.75, 3.05) is 11.9 Å². The van der Waals surface area contributed by atoms with Gasteiger partial charge < -0.3 is 11.1 Å². The molecule has 7 heteroatoms. The molecule has 2 aromatic rings. The number of nitrogens with two attached hydrogens (primary N) is 1. The summed E-state index contributed by atoms with van der Waals surface area (Å²) in [5.74, 6) is 0.209. The fraction of sp³-hybridized carbons (Fsp3) is 0.286. The van der Waals surface area contributed by atoms with E-state index in [0.717, 1.165) is 5.56 Å². The predicted octanol–water partition coefficient (Wildman–Crippen LogP) is 2.77. The van der Waals surface area contributed by atoms with Gasteiger partial charge in [-0.15, -0.1) is 0 Å². The molecule has 1 aromatic heterocycles. The molecule has 0 aliphatic carbocycles. The minimum atomic E-state index is -0.257. The van der Waals surface area contributed by atoms with Crippen molar-refractivity contribution in [3.8, 4) is 0 Å². The lowest BCUT2D eigenvalue weighted by Crippen LogP contribution is -2.27. The van der Waals surface area contributed by atoms with Crippen LogP contribution in [0.25, 0.3) is 0 Å². The molecular formula is C14H16Cl2N4O. The quantitative estimate of drug-likeness (QED) is 0.887. The number of benzene rings is 1. The van der Waals surface area contributed by atoms with Gasteiger partial charge >= 0.3 is 0 Å². The number of amides is 1. The van der Waals surface area contributed by atoms with Crippen LogP contribution in [-0.2, 0) is 11.3 Å². The molecule has 3 N–H and O–H groups in total. The molecule has 1 amide bonds. The zero-order valence-electron chi connectivity index (χ0n) is 11.5. The summed E-state index contributed by atoms with van der Waals surface area (Å²) >= 11 is 12.0. The van der Waals surface area contributed by atoms with Gasteiger partial charge in [0, 0.05) is 28.6 Å². The fourth-order valence-corrected chi connectivity index (χ4v) is 2.20. The number of nitrogens with one attached hydrogen (secondary N) is 1. The van der Waals surface area contributed by atoms with Crippen molar-refractivity contribution in [3.05, 3.63) is 46.1 Å². The van der Waals surface area contributed by atoms with Crippen molar-refractivity contribution in [2.45, 2.75) is 13.5 Å². The van der Waals surface area contributed by atoms with E-state index in [4.69, 9.17) is 28.9 Å². The van der Waals surface area contributed by atoms with Gasteiger partial charge in [-0.1, -0.05) is 36.2 Å². The maximum absolute atomic E-state index is 11.9. The van der Waals surface area contributed by atoms with Crippen LogP contribution in [0.15, 0.2) is 30.5 Å². The summed E-state index contributed by atoms with van der Waals surface area (Å²) in [7, 11) is 0. The third-order valence-corrected chi connectivity index (χ3v) is 3.69. The number of carbonyl (C=O) groups is 1. The van der Waals surface area contributed by atoms with Crippen LogP contribution >= 0.6 is 23.2 Å². The number of hydrogen-bond donors (Lipinski definition) is 2. The van der Waals surface area contributed by atoms with Crippen LogP contribution in [0, 0.1) is 5.92 Å². The molecule has 1 unspecified atom stereocenters. The minimum absolute atomic E-state index is 0.138. The number of anilines is 1. The highest BCUT2D eigenvalue weighted by Gasteiger charge is 2.14. The number of aromatic nitrogens is 2. The normalized spacial score (nSPS) is 12.2. The Bertz CT molecular complexity index is 642. The van der Waals surface area contributed by atoms with E-state index in [1.807, 2.05) is 6.07 Å². The van der Waals surface area contributed by atoms with E-state index in [2.05, 4.69) is 10.4 Å². The van der Waals surface area contributed by atoms with Crippen LogP contribution in [0.5, 0.6) is 0 Å². The van der Waals surface area contributed by atoms with Crippen LogP contribution < -0.4 is 11.1 Å². The second-order valence-electron chi connectivity index (χ2n) is 4.74. The van der Waals surface area contributed by atoms with E-state index in [-0.39, 0.29) is 11.8 Å². The third-order valence-electron chi connectivity index (χ3n) is 3.10. The molecule has 112 valence electrons. The molecule has 0 saturated heterocycles. The van der Waals surface area contributed by atoms with Crippen molar-refractivity contribution in [2.24, 2.45) is 11.7 Å². The summed E-state index contributed by atoms with van der Waals surface area (Å²) in [5.41, 5.74) is 6.35. The van der Waals surface area contributed by atoms with Crippen LogP contribution in [0.1, 0.15) is 12.5 Å². The maximum atomic E-state index is 11.9. The first-order chi connectivity index (χ1) is 10.0. The van der Waals surface area contributed by atoms with Gasteiger partial charge in [-0.3, -0.25) is 4.79 Å². The highest BCUT2D eigenvalue weighted by Crippen LogP contribution is 2.22. The summed E-state index contributed by atoms with van der Waals surface area (Å²) in [4.78, 5) is 11.9. The second kappa shape index (κ2) is 6.93. The largest absolute Gasteiger partial charge is 0.330 e. The molecule has 5 nitrogen and oxygen atoms in total. The summed E-state index contributed by atoms with van der Waals surface area (Å²) in [6, 6.07) is 7.00. The van der Waals surface area contributed by atoms with Gasteiger partial charge in [0.25, 0.3) is 0 Å². The van der Waals surface area contributed by atoms with Crippen LogP contribution in [0.3, 0.4) is 0 Å². The lowest BCUT2D eigenvalue weighted by molar-refractivity contribution is -0.119. The Labute approximate surface area is 133 Å². The lowest BCUT2D eigenvalue weighted by atomic mass is 10.2. The molecule has 21 heavy (non-hydrogen) atoms. The zero-order chi connectivity index (χ0) is 15.4. The standard InChI is InChI=1S/C14H16Cl2N4O/c1-9(7-17)14(21)19-13-4-5-18-20(13)8-10-2-3-11(15)6-12(10)16/h2-6,9H,7-8,17H2,1H3,(H,19,21). The second-order valence-corrected chi connectivity index (χ2v) is 5.58. The molecule has 0 aliphatic heterocycles. The van der Waals surface area contributed by atoms with Crippen LogP contribution in [-0.4, -0.2) is 22.2 Å². The molecular weight excluding hydrogens is 311 g/mol. The Hall–Kier alpha value is -1.56. The van der Waals surface area contributed by atoms with E-state index in [1.165, 1.54) is 0 Å². The Morgan fingerprint density at radius 2 is 2.19 bits per heavy atom. The van der Waals surface area contributed by atoms with Gasteiger partial charge in [-0.2, -0.15) is 5.10 Å². The minimum Gasteiger partial charge on any atom is -0.330 e. The highest BCUT2D eigenvalue weighted by atomic mass is 35.5. The molecule has 0 spiro atoms. The first kappa shape index (κ1) is 15.8. The Morgan fingerprint density at radius 1 is 1.43 bits per heavy atom. The molecule has 0 saturated carbocycles. The Kier molecular flexibility index (Phi) is 5.22. The zero-order valence-corrected chi connectivity index (χ0v) is 13.0. The first-order valence-electron chi connectivity index (χ1n) is 6.48. The van der Waals surface area contributed by atoms with Gasteiger partial charge in [0.1, 0.15) is 5.82 Å². The average Bonchev–Trinajstić information content (AvgIpc) is 2.88. The first-order valence-corrected chi connectivity index (χ1v) is 7.23. The summed E-state index contributed by atoms with van der Waals surface area (Å²) in [6.07, 6.45) is 1.62. The van der Waals surface area contributed by atoms with Gasteiger partial charge in [-0.05, 0) is 17.7 Å².